The van der Waals surface area contributed by atoms with Gasteiger partial charge in [-0.05, 0) is 109 Å². The molecule has 5 aliphatic rings. The first kappa shape index (κ1) is 27.5. The Morgan fingerprint density at radius 2 is 1.66 bits per heavy atom. The van der Waals surface area contributed by atoms with Crippen molar-refractivity contribution in [1.29, 1.82) is 0 Å². The first-order chi connectivity index (χ1) is 19.1. The van der Waals surface area contributed by atoms with Crippen molar-refractivity contribution in [3.63, 3.8) is 0 Å². The molecule has 2 aromatic rings. The van der Waals surface area contributed by atoms with Gasteiger partial charge >= 0.3 is 5.97 Å². The zero-order valence-electron chi connectivity index (χ0n) is 26.5. The monoisotopic (exact) mass is 555 g/mol. The predicted octanol–water partition coefficient (Wildman–Crippen LogP) is 8.34. The molecule has 0 radical (unpaired) electrons. The highest BCUT2D eigenvalue weighted by molar-refractivity contribution is 5.96. The lowest BCUT2D eigenvalue weighted by molar-refractivity contribution is -0.174. The molecule has 0 amide bonds. The standard InChI is InChI=1S/C37H49NO3/c1-32(2)28-13-14-37(7)29(35(28,5)20-23-22-11-9-10-12-26(22)38-30(23)32)27(39)19-24-25-21-34(4,31(40)41-8)16-15-33(25,3)17-18-36(24,37)6/h9-12,19,25,28-29,38H,13-18,20-21H2,1-8H3/t25-,28+,29+,33+,34-,35-,36+,37+/m0/s1. The lowest BCUT2D eigenvalue weighted by Gasteiger charge is -2.70. The van der Waals surface area contributed by atoms with E-state index in [4.69, 9.17) is 4.74 Å². The Hall–Kier alpha value is -2.36. The van der Waals surface area contributed by atoms with Gasteiger partial charge in [0.15, 0.2) is 5.78 Å². The van der Waals surface area contributed by atoms with Crippen LogP contribution in [0.3, 0.4) is 0 Å². The van der Waals surface area contributed by atoms with E-state index in [-0.39, 0.29) is 44.9 Å². The third-order valence-electron chi connectivity index (χ3n) is 14.4. The molecule has 1 aromatic carbocycles. The van der Waals surface area contributed by atoms with Crippen LogP contribution in [-0.4, -0.2) is 23.8 Å². The summed E-state index contributed by atoms with van der Waals surface area (Å²) in [7, 11) is 1.52. The van der Waals surface area contributed by atoms with Crippen LogP contribution in [0.25, 0.3) is 10.9 Å². The topological polar surface area (TPSA) is 59.2 Å². The van der Waals surface area contributed by atoms with E-state index in [2.05, 4.69) is 83.8 Å². The van der Waals surface area contributed by atoms with Crippen molar-refractivity contribution in [3.05, 3.63) is 47.2 Å². The molecule has 220 valence electrons. The molecule has 41 heavy (non-hydrogen) atoms. The molecule has 0 unspecified atom stereocenters. The van der Waals surface area contributed by atoms with Gasteiger partial charge in [0.25, 0.3) is 0 Å². The minimum absolute atomic E-state index is 0.0106. The number of carbonyl (C=O) groups is 2. The summed E-state index contributed by atoms with van der Waals surface area (Å²) in [5.41, 5.74) is 4.72. The third kappa shape index (κ3) is 3.23. The Bertz CT molecular complexity index is 1510. The number of hydrogen-bond acceptors (Lipinski definition) is 3. The number of fused-ring (bicyclic) bond motifs is 10. The number of methoxy groups -OCH3 is 1. The number of benzene rings is 1. The van der Waals surface area contributed by atoms with Crippen LogP contribution >= 0.6 is 0 Å². The highest BCUT2D eigenvalue weighted by Gasteiger charge is 2.70. The van der Waals surface area contributed by atoms with E-state index < -0.39 is 5.41 Å². The van der Waals surface area contributed by atoms with Crippen molar-refractivity contribution in [2.24, 2.45) is 44.8 Å². The van der Waals surface area contributed by atoms with Crippen molar-refractivity contribution in [2.45, 2.75) is 105 Å². The second-order valence-corrected chi connectivity index (χ2v) is 16.7. The second kappa shape index (κ2) is 8.17. The Labute approximate surface area is 246 Å². The number of H-pyrrole nitrogens is 1. The van der Waals surface area contributed by atoms with Gasteiger partial charge in [-0.15, -0.1) is 0 Å². The molecule has 5 aliphatic carbocycles. The zero-order valence-corrected chi connectivity index (χ0v) is 26.5. The average Bonchev–Trinajstić information content (AvgIpc) is 3.29. The number of aromatic nitrogens is 1. The maximum absolute atomic E-state index is 14.8. The summed E-state index contributed by atoms with van der Waals surface area (Å²) >= 11 is 0. The quantitative estimate of drug-likeness (QED) is 0.360. The highest BCUT2D eigenvalue weighted by Crippen LogP contribution is 2.75. The number of nitrogens with one attached hydrogen (secondary N) is 1. The van der Waals surface area contributed by atoms with Gasteiger partial charge in [0, 0.05) is 27.9 Å². The molecule has 0 bridgehead atoms. The molecule has 4 nitrogen and oxygen atoms in total. The Balaban J connectivity index is 1.37. The number of carbonyl (C=O) groups excluding carboxylic acids is 2. The molecular formula is C37H49NO3. The number of ether oxygens (including phenoxy) is 1. The molecule has 1 aromatic heterocycles. The second-order valence-electron chi connectivity index (χ2n) is 16.7. The Morgan fingerprint density at radius 3 is 2.39 bits per heavy atom. The van der Waals surface area contributed by atoms with E-state index in [1.807, 2.05) is 0 Å². The zero-order chi connectivity index (χ0) is 29.4. The molecule has 4 heteroatoms. The summed E-state index contributed by atoms with van der Waals surface area (Å²) in [6.45, 7) is 16.8. The number of esters is 1. The number of hydrogen-bond donors (Lipinski definition) is 1. The van der Waals surface area contributed by atoms with Gasteiger partial charge in [-0.1, -0.05) is 65.3 Å². The van der Waals surface area contributed by atoms with Crippen molar-refractivity contribution in [1.82, 2.24) is 4.98 Å². The van der Waals surface area contributed by atoms with Crippen LogP contribution < -0.4 is 0 Å². The average molecular weight is 556 g/mol. The van der Waals surface area contributed by atoms with Crippen LogP contribution in [0.2, 0.25) is 0 Å². The van der Waals surface area contributed by atoms with Crippen LogP contribution in [0.5, 0.6) is 0 Å². The molecule has 0 saturated heterocycles. The molecule has 7 rings (SSSR count). The maximum Gasteiger partial charge on any atom is 0.311 e. The number of allylic oxidation sites excluding steroid dienone is 2. The molecule has 1 N–H and O–H groups in total. The van der Waals surface area contributed by atoms with Gasteiger partial charge in [-0.25, -0.2) is 0 Å². The van der Waals surface area contributed by atoms with Crippen LogP contribution in [-0.2, 0) is 26.2 Å². The van der Waals surface area contributed by atoms with Gasteiger partial charge in [0.05, 0.1) is 12.5 Å². The summed E-state index contributed by atoms with van der Waals surface area (Å²) in [6, 6.07) is 8.73. The first-order valence-corrected chi connectivity index (χ1v) is 16.1. The fraction of sp³-hybridized carbons (Fsp3) is 0.676. The SMILES string of the molecule is COC(=O)[C@@]1(C)CC[C@]2(C)CC[C@]3(C)C(=CC(=O)[C@@H]4[C@@]5(C)Cc6c([nH]c7ccccc67)C(C)(C)[C@H]5CC[C@]43C)[C@@H]2C1. The number of aromatic amines is 1. The van der Waals surface area contributed by atoms with E-state index in [9.17, 15) is 9.59 Å². The van der Waals surface area contributed by atoms with Gasteiger partial charge < -0.3 is 9.72 Å². The summed E-state index contributed by atoms with van der Waals surface area (Å²) in [6.07, 6.45) is 10.3. The number of rotatable bonds is 1. The fourth-order valence-corrected chi connectivity index (χ4v) is 11.9. The summed E-state index contributed by atoms with van der Waals surface area (Å²) in [5, 5.41) is 1.32. The fourth-order valence-electron chi connectivity index (χ4n) is 11.9. The van der Waals surface area contributed by atoms with Gasteiger partial charge in [-0.3, -0.25) is 9.59 Å². The van der Waals surface area contributed by atoms with Crippen molar-refractivity contribution in [3.8, 4) is 0 Å². The smallest absolute Gasteiger partial charge is 0.311 e. The molecule has 1 heterocycles. The Morgan fingerprint density at radius 1 is 0.951 bits per heavy atom. The number of ketones is 1. The normalized spacial score (nSPS) is 44.5. The van der Waals surface area contributed by atoms with Crippen LogP contribution in [0.4, 0.5) is 0 Å². The summed E-state index contributed by atoms with van der Waals surface area (Å²) < 4.78 is 5.31. The lowest BCUT2D eigenvalue weighted by Crippen LogP contribution is -2.66. The van der Waals surface area contributed by atoms with Gasteiger partial charge in [0.2, 0.25) is 0 Å². The summed E-state index contributed by atoms with van der Waals surface area (Å²) in [5.74, 6) is 0.923. The van der Waals surface area contributed by atoms with Crippen LogP contribution in [0.15, 0.2) is 35.9 Å². The molecule has 3 fully saturated rings. The predicted molar refractivity (Wildman–Crippen MR) is 163 cm³/mol. The highest BCUT2D eigenvalue weighted by atomic mass is 16.5. The maximum atomic E-state index is 14.8. The van der Waals surface area contributed by atoms with E-state index in [0.29, 0.717) is 11.7 Å². The number of para-hydroxylation sites is 1. The molecule has 0 spiro atoms. The van der Waals surface area contributed by atoms with Crippen LogP contribution in [0, 0.1) is 44.8 Å². The largest absolute Gasteiger partial charge is 0.469 e. The van der Waals surface area contributed by atoms with Crippen LogP contribution in [0.1, 0.15) is 105 Å². The van der Waals surface area contributed by atoms with Crippen molar-refractivity contribution >= 4 is 22.7 Å². The lowest BCUT2D eigenvalue weighted by atomic mass is 9.33. The van der Waals surface area contributed by atoms with Gasteiger partial charge in [-0.2, -0.15) is 0 Å². The van der Waals surface area contributed by atoms with Gasteiger partial charge in [0.1, 0.15) is 0 Å². The molecule has 8 atom stereocenters. The molecule has 3 saturated carbocycles. The van der Waals surface area contributed by atoms with E-state index in [1.165, 1.54) is 34.8 Å². The Kier molecular flexibility index (Phi) is 5.47. The minimum atomic E-state index is -0.485. The first-order valence-electron chi connectivity index (χ1n) is 16.1. The van der Waals surface area contributed by atoms with E-state index in [0.717, 1.165) is 51.4 Å². The molecule has 0 aliphatic heterocycles. The van der Waals surface area contributed by atoms with Crippen molar-refractivity contribution in [2.75, 3.05) is 7.11 Å². The minimum Gasteiger partial charge on any atom is -0.469 e. The summed E-state index contributed by atoms with van der Waals surface area (Å²) in [4.78, 5) is 31.6. The van der Waals surface area contributed by atoms with E-state index in [1.54, 1.807) is 0 Å². The van der Waals surface area contributed by atoms with E-state index >= 15 is 0 Å². The van der Waals surface area contributed by atoms with Crippen molar-refractivity contribution < 1.29 is 14.3 Å². The molecular weight excluding hydrogens is 506 g/mol. The third-order valence-corrected chi connectivity index (χ3v) is 14.4.